The number of hydrogen-bond acceptors (Lipinski definition) is 7. The number of benzene rings is 3. The number of thiazole rings is 2. The molecule has 0 atom stereocenters. The van der Waals surface area contributed by atoms with Gasteiger partial charge < -0.3 is 4.74 Å². The molecule has 1 amide bonds. The van der Waals surface area contributed by atoms with E-state index in [2.05, 4.69) is 21.1 Å². The first-order valence-corrected chi connectivity index (χ1v) is 11.5. The van der Waals surface area contributed by atoms with Gasteiger partial charge in [0.25, 0.3) is 0 Å². The minimum Gasteiger partial charge on any atom is -0.497 e. The van der Waals surface area contributed by atoms with E-state index in [-0.39, 0.29) is 5.91 Å². The minimum absolute atomic E-state index is 0.313. The largest absolute Gasteiger partial charge is 0.497 e. The summed E-state index contributed by atoms with van der Waals surface area (Å²) in [6.07, 6.45) is 1.64. The molecular formula is C24H18N4O2S2. The highest BCUT2D eigenvalue weighted by Gasteiger charge is 2.24. The molecule has 0 bridgehead atoms. The summed E-state index contributed by atoms with van der Waals surface area (Å²) >= 11 is 2.78. The van der Waals surface area contributed by atoms with E-state index in [4.69, 9.17) is 4.74 Å². The molecule has 3 aromatic carbocycles. The third-order valence-corrected chi connectivity index (χ3v) is 6.84. The Morgan fingerprint density at radius 2 is 1.75 bits per heavy atom. The van der Waals surface area contributed by atoms with Crippen molar-refractivity contribution in [3.8, 4) is 5.75 Å². The zero-order valence-electron chi connectivity index (χ0n) is 17.4. The molecule has 0 aliphatic carbocycles. The van der Waals surface area contributed by atoms with Crippen LogP contribution in [0.4, 0.5) is 5.13 Å². The van der Waals surface area contributed by atoms with Gasteiger partial charge in [0.05, 0.1) is 33.8 Å². The molecule has 0 spiro atoms. The van der Waals surface area contributed by atoms with Gasteiger partial charge in [0.1, 0.15) is 5.75 Å². The lowest BCUT2D eigenvalue weighted by molar-refractivity contribution is 0.0987. The summed E-state index contributed by atoms with van der Waals surface area (Å²) in [4.78, 5) is 22.7. The van der Waals surface area contributed by atoms with Crippen LogP contribution in [0.15, 0.2) is 71.8 Å². The summed E-state index contributed by atoms with van der Waals surface area (Å²) in [5.41, 5.74) is 3.60. The maximum atomic E-state index is 13.5. The normalized spacial score (nSPS) is 11.4. The van der Waals surface area contributed by atoms with Gasteiger partial charge in [0, 0.05) is 0 Å². The van der Waals surface area contributed by atoms with E-state index in [0.29, 0.717) is 10.1 Å². The summed E-state index contributed by atoms with van der Waals surface area (Å²) < 4.78 is 7.16. The standard InChI is InChI=1S/C24H18N4O2S2/c1-15-7-12-19-21(13-15)32-24(27-19)28(25-14-16-8-10-17(30-2)11-9-16)23(29)22-26-18-5-3-4-6-20(18)31-22/h3-14H,1-2H3/b25-14+. The molecule has 0 aliphatic heterocycles. The lowest BCUT2D eigenvalue weighted by Crippen LogP contribution is -2.25. The number of rotatable bonds is 5. The van der Waals surface area contributed by atoms with Gasteiger partial charge in [-0.25, -0.2) is 9.97 Å². The van der Waals surface area contributed by atoms with Crippen molar-refractivity contribution in [1.29, 1.82) is 0 Å². The number of para-hydroxylation sites is 1. The van der Waals surface area contributed by atoms with Gasteiger partial charge in [-0.3, -0.25) is 4.79 Å². The number of anilines is 1. The van der Waals surface area contributed by atoms with Gasteiger partial charge in [-0.15, -0.1) is 11.3 Å². The molecule has 5 aromatic rings. The van der Waals surface area contributed by atoms with Gasteiger partial charge in [0.15, 0.2) is 5.01 Å². The zero-order chi connectivity index (χ0) is 22.1. The van der Waals surface area contributed by atoms with Crippen molar-refractivity contribution in [3.63, 3.8) is 0 Å². The Labute approximate surface area is 192 Å². The topological polar surface area (TPSA) is 67.7 Å². The van der Waals surface area contributed by atoms with E-state index in [1.165, 1.54) is 27.7 Å². The van der Waals surface area contributed by atoms with Crippen molar-refractivity contribution in [3.05, 3.63) is 82.9 Å². The van der Waals surface area contributed by atoms with Crippen LogP contribution >= 0.6 is 22.7 Å². The van der Waals surface area contributed by atoms with E-state index in [1.807, 2.05) is 67.6 Å². The highest BCUT2D eigenvalue weighted by atomic mass is 32.1. The van der Waals surface area contributed by atoms with Crippen molar-refractivity contribution < 1.29 is 9.53 Å². The summed E-state index contributed by atoms with van der Waals surface area (Å²) in [6.45, 7) is 2.03. The lowest BCUT2D eigenvalue weighted by Gasteiger charge is -2.11. The Morgan fingerprint density at radius 3 is 2.53 bits per heavy atom. The monoisotopic (exact) mass is 458 g/mol. The molecule has 2 heterocycles. The molecule has 32 heavy (non-hydrogen) atoms. The predicted octanol–water partition coefficient (Wildman–Crippen LogP) is 5.90. The van der Waals surface area contributed by atoms with Crippen molar-refractivity contribution in [2.75, 3.05) is 12.1 Å². The molecule has 0 unspecified atom stereocenters. The van der Waals surface area contributed by atoms with E-state index in [9.17, 15) is 4.79 Å². The van der Waals surface area contributed by atoms with E-state index in [0.717, 1.165) is 37.3 Å². The molecule has 6 nitrogen and oxygen atoms in total. The molecule has 5 rings (SSSR count). The third-order valence-electron chi connectivity index (χ3n) is 4.82. The number of aryl methyl sites for hydroxylation is 1. The second-order valence-electron chi connectivity index (χ2n) is 7.09. The Bertz CT molecular complexity index is 1420. The number of aromatic nitrogens is 2. The number of nitrogens with zero attached hydrogens (tertiary/aromatic N) is 4. The van der Waals surface area contributed by atoms with Crippen LogP contribution in [0.3, 0.4) is 0 Å². The van der Waals surface area contributed by atoms with Gasteiger partial charge in [-0.05, 0) is 66.6 Å². The Morgan fingerprint density at radius 1 is 0.969 bits per heavy atom. The quantitative estimate of drug-likeness (QED) is 0.243. The predicted molar refractivity (Wildman–Crippen MR) is 131 cm³/mol. The van der Waals surface area contributed by atoms with Gasteiger partial charge in [-0.2, -0.15) is 10.1 Å². The fraction of sp³-hybridized carbons (Fsp3) is 0.0833. The minimum atomic E-state index is -0.313. The Balaban J connectivity index is 1.56. The molecule has 8 heteroatoms. The molecule has 0 N–H and O–H groups in total. The zero-order valence-corrected chi connectivity index (χ0v) is 19.0. The fourth-order valence-corrected chi connectivity index (χ4v) is 5.08. The van der Waals surface area contributed by atoms with Crippen LogP contribution in [0.25, 0.3) is 20.4 Å². The van der Waals surface area contributed by atoms with Gasteiger partial charge in [-0.1, -0.05) is 29.5 Å². The van der Waals surface area contributed by atoms with Crippen molar-refractivity contribution >= 4 is 60.4 Å². The Kier molecular flexibility index (Phi) is 5.38. The van der Waals surface area contributed by atoms with Crippen LogP contribution in [-0.4, -0.2) is 29.2 Å². The molecule has 0 radical (unpaired) electrons. The number of methoxy groups -OCH3 is 1. The lowest BCUT2D eigenvalue weighted by atomic mass is 10.2. The number of amides is 1. The highest BCUT2D eigenvalue weighted by Crippen LogP contribution is 2.32. The summed E-state index contributed by atoms with van der Waals surface area (Å²) in [7, 11) is 1.62. The van der Waals surface area contributed by atoms with Crippen molar-refractivity contribution in [1.82, 2.24) is 9.97 Å². The van der Waals surface area contributed by atoms with Crippen LogP contribution < -0.4 is 9.75 Å². The second kappa shape index (κ2) is 8.49. The maximum absolute atomic E-state index is 13.5. The summed E-state index contributed by atoms with van der Waals surface area (Å²) in [6, 6.07) is 21.2. The molecule has 0 saturated heterocycles. The van der Waals surface area contributed by atoms with E-state index >= 15 is 0 Å². The SMILES string of the molecule is COc1ccc(/C=N/N(C(=O)c2nc3ccccc3s2)c2nc3ccc(C)cc3s2)cc1. The van der Waals surface area contributed by atoms with Gasteiger partial charge >= 0.3 is 5.91 Å². The maximum Gasteiger partial charge on any atom is 0.309 e. The fourth-order valence-electron chi connectivity index (χ4n) is 3.17. The number of ether oxygens (including phenoxy) is 1. The first kappa shape index (κ1) is 20.3. The average molecular weight is 459 g/mol. The molecule has 0 saturated carbocycles. The average Bonchev–Trinajstić information content (AvgIpc) is 3.43. The number of hydrazone groups is 1. The molecule has 158 valence electrons. The smallest absolute Gasteiger partial charge is 0.309 e. The molecular weight excluding hydrogens is 440 g/mol. The third kappa shape index (κ3) is 3.98. The first-order chi connectivity index (χ1) is 15.6. The molecule has 0 fully saturated rings. The van der Waals surface area contributed by atoms with Crippen LogP contribution in [0.5, 0.6) is 5.75 Å². The number of carbonyl (C=O) groups excluding carboxylic acids is 1. The van der Waals surface area contributed by atoms with Crippen LogP contribution in [0.2, 0.25) is 0 Å². The van der Waals surface area contributed by atoms with Crippen LogP contribution in [0.1, 0.15) is 20.9 Å². The molecule has 2 aromatic heterocycles. The summed E-state index contributed by atoms with van der Waals surface area (Å²) in [5.74, 6) is 0.442. The summed E-state index contributed by atoms with van der Waals surface area (Å²) in [5, 5.41) is 6.72. The van der Waals surface area contributed by atoms with E-state index in [1.54, 1.807) is 13.3 Å². The van der Waals surface area contributed by atoms with Crippen LogP contribution in [-0.2, 0) is 0 Å². The number of carbonyl (C=O) groups is 1. The molecule has 0 aliphatic rings. The Hall–Kier alpha value is -3.62. The van der Waals surface area contributed by atoms with Crippen LogP contribution in [0, 0.1) is 6.92 Å². The highest BCUT2D eigenvalue weighted by molar-refractivity contribution is 7.22. The van der Waals surface area contributed by atoms with Crippen molar-refractivity contribution in [2.45, 2.75) is 6.92 Å². The first-order valence-electron chi connectivity index (χ1n) is 9.86. The van der Waals surface area contributed by atoms with Gasteiger partial charge in [0.2, 0.25) is 5.13 Å². The van der Waals surface area contributed by atoms with E-state index < -0.39 is 0 Å². The van der Waals surface area contributed by atoms with Crippen molar-refractivity contribution in [2.24, 2.45) is 5.10 Å². The number of hydrogen-bond donors (Lipinski definition) is 0. The number of fused-ring (bicyclic) bond motifs is 2. The second-order valence-corrected chi connectivity index (χ2v) is 9.13.